The molecule has 0 spiro atoms. The normalized spacial score (nSPS) is 23.5. The molecular formula is C9H19N3O3. The van der Waals surface area contributed by atoms with Crippen LogP contribution in [0.25, 0.3) is 0 Å². The van der Waals surface area contributed by atoms with Crippen molar-refractivity contribution < 1.29 is 9.99 Å². The molecule has 1 aliphatic heterocycles. The van der Waals surface area contributed by atoms with Gasteiger partial charge in [0.05, 0.1) is 18.3 Å². The predicted octanol–water partition coefficient (Wildman–Crippen LogP) is 0.195. The maximum Gasteiger partial charge on any atom is 0.164 e. The highest BCUT2D eigenvalue weighted by molar-refractivity contribution is 4.81. The smallest absolute Gasteiger partial charge is 0.164 e. The van der Waals surface area contributed by atoms with Crippen LogP contribution >= 0.6 is 0 Å². The number of rotatable bonds is 3. The highest BCUT2D eigenvalue weighted by Crippen LogP contribution is 2.01. The Morgan fingerprint density at radius 3 is 2.40 bits per heavy atom. The summed E-state index contributed by atoms with van der Waals surface area (Å²) in [5.74, 6) is 0. The fourth-order valence-corrected chi connectivity index (χ4v) is 1.35. The summed E-state index contributed by atoms with van der Waals surface area (Å²) in [7, 11) is 2.20. The van der Waals surface area contributed by atoms with Crippen LogP contribution in [0.4, 0.5) is 0 Å². The van der Waals surface area contributed by atoms with Crippen molar-refractivity contribution in [2.75, 3.05) is 13.6 Å². The Kier molecular flexibility index (Phi) is 6.44. The molecule has 1 rings (SSSR count). The second-order valence-electron chi connectivity index (χ2n) is 3.55. The number of hydrogen-bond acceptors (Lipinski definition) is 4. The predicted molar refractivity (Wildman–Crippen MR) is 57.5 cm³/mol. The van der Waals surface area contributed by atoms with Crippen LogP contribution in [0, 0.1) is 15.3 Å². The monoisotopic (exact) mass is 217 g/mol. The van der Waals surface area contributed by atoms with Crippen LogP contribution in [0.15, 0.2) is 12.4 Å². The summed E-state index contributed by atoms with van der Waals surface area (Å²) in [6, 6.07) is 0. The van der Waals surface area contributed by atoms with Gasteiger partial charge in [0.2, 0.25) is 0 Å². The first-order valence-electron chi connectivity index (χ1n) is 5.08. The van der Waals surface area contributed by atoms with Crippen LogP contribution in [0.5, 0.6) is 0 Å². The van der Waals surface area contributed by atoms with Crippen LogP contribution in [0.1, 0.15) is 26.7 Å². The largest absolute Gasteiger partial charge is 0.356 e. The van der Waals surface area contributed by atoms with E-state index >= 15 is 0 Å². The Labute approximate surface area is 89.9 Å². The van der Waals surface area contributed by atoms with Crippen molar-refractivity contribution in [3.63, 3.8) is 0 Å². The van der Waals surface area contributed by atoms with Gasteiger partial charge in [-0.1, -0.05) is 13.3 Å². The lowest BCUT2D eigenvalue weighted by molar-refractivity contribution is -0.854. The average Bonchev–Trinajstić information content (AvgIpc) is 2.44. The second kappa shape index (κ2) is 7.05. The van der Waals surface area contributed by atoms with Crippen molar-refractivity contribution in [3.05, 3.63) is 27.7 Å². The van der Waals surface area contributed by atoms with E-state index in [9.17, 15) is 0 Å². The lowest BCUT2D eigenvalue weighted by atomic mass is 10.3. The average molecular weight is 217 g/mol. The van der Waals surface area contributed by atoms with Gasteiger partial charge in [-0.3, -0.25) is 4.90 Å². The molecule has 1 aliphatic rings. The lowest BCUT2D eigenvalue weighted by Crippen LogP contribution is -3.08. The first kappa shape index (κ1) is 13.7. The molecule has 2 atom stereocenters. The van der Waals surface area contributed by atoms with Crippen LogP contribution in [-0.2, 0) is 0 Å². The first-order valence-corrected chi connectivity index (χ1v) is 5.08. The van der Waals surface area contributed by atoms with E-state index in [1.165, 1.54) is 24.3 Å². The van der Waals surface area contributed by atoms with Crippen LogP contribution in [0.3, 0.4) is 0 Å². The summed E-state index contributed by atoms with van der Waals surface area (Å²) < 4.78 is 0. The Bertz CT molecular complexity index is 217. The Morgan fingerprint density at radius 2 is 2.07 bits per heavy atom. The highest BCUT2D eigenvalue weighted by Gasteiger charge is 2.21. The summed E-state index contributed by atoms with van der Waals surface area (Å²) in [5.41, 5.74) is 0. The topological polar surface area (TPSA) is 73.9 Å². The van der Waals surface area contributed by atoms with E-state index in [4.69, 9.17) is 15.3 Å². The molecule has 1 N–H and O–H groups in total. The molecule has 88 valence electrons. The molecule has 15 heavy (non-hydrogen) atoms. The van der Waals surface area contributed by atoms with E-state index in [-0.39, 0.29) is 0 Å². The lowest BCUT2D eigenvalue weighted by Gasteiger charge is -2.22. The van der Waals surface area contributed by atoms with Gasteiger partial charge >= 0.3 is 0 Å². The summed E-state index contributed by atoms with van der Waals surface area (Å²) in [4.78, 5) is 12.2. The summed E-state index contributed by atoms with van der Waals surface area (Å²) in [5, 5.41) is 14.8. The van der Waals surface area contributed by atoms with Crippen molar-refractivity contribution in [2.24, 2.45) is 0 Å². The maximum atomic E-state index is 8.25. The zero-order chi connectivity index (χ0) is 11.8. The molecule has 6 nitrogen and oxygen atoms in total. The molecular weight excluding hydrogens is 198 g/mol. The van der Waals surface area contributed by atoms with Crippen molar-refractivity contribution in [1.82, 2.24) is 4.90 Å². The van der Waals surface area contributed by atoms with Gasteiger partial charge in [-0.15, -0.1) is 0 Å². The van der Waals surface area contributed by atoms with Crippen LogP contribution in [0.2, 0.25) is 0 Å². The molecule has 0 saturated carbocycles. The number of nitrogens with one attached hydrogen (secondary N) is 1. The van der Waals surface area contributed by atoms with Gasteiger partial charge in [-0.2, -0.15) is 0 Å². The number of quaternary nitrogens is 1. The molecule has 0 fully saturated rings. The fraction of sp³-hybridized carbons (Fsp3) is 0.778. The van der Waals surface area contributed by atoms with Gasteiger partial charge in [-0.05, 0) is 6.42 Å². The quantitative estimate of drug-likeness (QED) is 0.541. The molecule has 1 heterocycles. The van der Waals surface area contributed by atoms with Crippen molar-refractivity contribution in [3.8, 4) is 0 Å². The molecule has 0 aliphatic carbocycles. The van der Waals surface area contributed by atoms with Gasteiger partial charge in [0.25, 0.3) is 0 Å². The minimum atomic E-state index is -1.75. The maximum absolute atomic E-state index is 8.25. The zero-order valence-electron chi connectivity index (χ0n) is 9.47. The minimum absolute atomic E-state index is 0.640. The van der Waals surface area contributed by atoms with Gasteiger partial charge in [0.1, 0.15) is 6.20 Å². The number of unbranched alkanes of at least 4 members (excludes halogenated alkanes) is 1. The van der Waals surface area contributed by atoms with Crippen molar-refractivity contribution in [2.45, 2.75) is 32.9 Å². The summed E-state index contributed by atoms with van der Waals surface area (Å²) in [6.45, 7) is 5.72. The molecule has 0 amide bonds. The molecule has 2 unspecified atom stereocenters. The first-order chi connectivity index (χ1) is 6.99. The summed E-state index contributed by atoms with van der Waals surface area (Å²) >= 11 is 0. The van der Waals surface area contributed by atoms with E-state index in [0.29, 0.717) is 6.17 Å². The third-order valence-corrected chi connectivity index (χ3v) is 2.46. The van der Waals surface area contributed by atoms with Gasteiger partial charge in [0.15, 0.2) is 6.17 Å². The summed E-state index contributed by atoms with van der Waals surface area (Å²) in [6.07, 6.45) is 7.68. The molecule has 0 bridgehead atoms. The third kappa shape index (κ3) is 5.90. The van der Waals surface area contributed by atoms with Gasteiger partial charge < -0.3 is 20.2 Å². The van der Waals surface area contributed by atoms with Gasteiger partial charge in [-0.25, -0.2) is 0 Å². The van der Waals surface area contributed by atoms with Gasteiger partial charge in [0, 0.05) is 13.5 Å². The second-order valence-corrected chi connectivity index (χ2v) is 3.55. The standard InChI is InChI=1S/C9H18N2.NO3/c1-4-5-6-11-8-7-10(3)9(11)2;2-1(3)4/h7-9H,4-6H2,1-3H3;/q;-1/p+1. The zero-order valence-corrected chi connectivity index (χ0v) is 9.47. The third-order valence-electron chi connectivity index (χ3n) is 2.46. The molecule has 6 heteroatoms. The Hall–Kier alpha value is -1.30. The number of nitrogens with zero attached hydrogens (tertiary/aromatic N) is 2. The molecule has 0 aromatic rings. The Balaban J connectivity index is 0.000000423. The van der Waals surface area contributed by atoms with E-state index in [1.54, 1.807) is 0 Å². The Morgan fingerprint density at radius 1 is 1.53 bits per heavy atom. The fourth-order valence-electron chi connectivity index (χ4n) is 1.35. The highest BCUT2D eigenvalue weighted by atomic mass is 16.9. The van der Waals surface area contributed by atoms with E-state index in [1.807, 2.05) is 0 Å². The van der Waals surface area contributed by atoms with Crippen LogP contribution < -0.4 is 4.90 Å². The van der Waals surface area contributed by atoms with Crippen molar-refractivity contribution >= 4 is 0 Å². The molecule has 0 aromatic heterocycles. The van der Waals surface area contributed by atoms with Crippen molar-refractivity contribution in [1.29, 1.82) is 0 Å². The van der Waals surface area contributed by atoms with E-state index in [0.717, 1.165) is 0 Å². The SMILES string of the molecule is CCCCN1C=C[NH+](C)C1C.O=[N+]([O-])[O-]. The van der Waals surface area contributed by atoms with E-state index < -0.39 is 5.09 Å². The number of hydrogen-bond donors (Lipinski definition) is 1. The molecule has 0 aromatic carbocycles. The van der Waals surface area contributed by atoms with Crippen LogP contribution in [-0.4, -0.2) is 29.7 Å². The molecule has 0 saturated heterocycles. The molecule has 0 radical (unpaired) electrons. The van der Waals surface area contributed by atoms with E-state index in [2.05, 4.69) is 38.2 Å². The minimum Gasteiger partial charge on any atom is -0.356 e.